The number of benzene rings is 6. The third kappa shape index (κ3) is 36.2. The Kier molecular flexibility index (Phi) is 39.8. The van der Waals surface area contributed by atoms with Crippen molar-refractivity contribution >= 4 is 47.4 Å². The number of nitrogens with one attached hydrogen (secondary N) is 4. The number of carboxylic acid groups (broad SMARTS) is 1. The second-order valence-corrected chi connectivity index (χ2v) is 34.9. The highest BCUT2D eigenvalue weighted by Crippen LogP contribution is 2.33. The summed E-state index contributed by atoms with van der Waals surface area (Å²) in [5.74, 6) is 2.29. The van der Waals surface area contributed by atoms with Crippen molar-refractivity contribution in [2.75, 3.05) is 38.9 Å². The third-order valence-electron chi connectivity index (χ3n) is 20.1. The molecular formula is C97H128N12O14. The first-order chi connectivity index (χ1) is 58.1. The molecule has 4 amide bonds. The van der Waals surface area contributed by atoms with E-state index >= 15 is 0 Å². The largest absolute Gasteiger partial charge is 0.480 e. The van der Waals surface area contributed by atoms with Crippen LogP contribution in [0.4, 0.5) is 15.3 Å². The zero-order valence-electron chi connectivity index (χ0n) is 74.0. The number of rotatable bonds is 34. The lowest BCUT2D eigenvalue weighted by molar-refractivity contribution is -0.146. The number of anilines is 1. The van der Waals surface area contributed by atoms with Crippen molar-refractivity contribution in [2.24, 2.45) is 45.6 Å². The zero-order chi connectivity index (χ0) is 90.6. The Bertz CT molecular complexity index is 4670. The van der Waals surface area contributed by atoms with Crippen LogP contribution in [0.25, 0.3) is 33.8 Å². The van der Waals surface area contributed by atoms with Crippen LogP contribution in [-0.2, 0) is 70.5 Å². The molecule has 0 unspecified atom stereocenters. The van der Waals surface area contributed by atoms with E-state index in [1.165, 1.54) is 26.7 Å². The molecule has 9 aromatic rings. The standard InChI is InChI=1S/C39H52N4O6.C28H35N3O3.C22H26N4O.C8H15NO4/c1-26(44)41-36(39(5,6)7)33(45)23-29(21-27-15-10-9-11-16-27)34(46)25-43(42-37(48)31(38(2,3)4)24-35(47)49-8)30-18-14-17-28(22-30)32-19-12-13-20-40-32;1-21(18-22-10-6-5-7-11-22)26(32)20-31(30-27(33)34-28(2,3)4)19-23-13-15-24(16-14-23)25-12-8-9-17-29-25;23-20(14-17-6-2-1-3-7-17)22(27)16-26(24)15-18-9-11-19(12-10-18)21-8-4-5-13-25-21;1-8(2,3)5(6(10)11)9-7(12)13-4/h9-20,22,29,31,34,36,46H,21,23-25H2,1-8H3,(H,41,44)(H,42,48);5-17,21,26,32H,18-20H2,1-4H3,(H,30,33);1-13,20,22,27H,14-16,23-24H2;5H,1-4H3,(H,9,12)(H,10,11)/t29-,31-,34+,36-;21-,26-;20-,22-;5-/m1001/s1. The minimum absolute atomic E-state index is 0.0110. The number of hydrogen-bond acceptors (Lipinski definition) is 21. The number of carboxylic acids is 1. The molecule has 0 aliphatic rings. The summed E-state index contributed by atoms with van der Waals surface area (Å²) in [6, 6.07) is 68.4. The highest BCUT2D eigenvalue weighted by molar-refractivity contribution is 5.89. The molecule has 9 atom stereocenters. The van der Waals surface area contributed by atoms with Crippen molar-refractivity contribution in [2.45, 2.75) is 184 Å². The zero-order valence-corrected chi connectivity index (χ0v) is 74.0. The number of alkyl carbamates (subject to hydrolysis) is 1. The van der Waals surface area contributed by atoms with Crippen LogP contribution in [0.3, 0.4) is 0 Å². The Hall–Kier alpha value is -11.6. The van der Waals surface area contributed by atoms with Gasteiger partial charge in [-0.3, -0.25) is 55.8 Å². The van der Waals surface area contributed by atoms with Crippen LogP contribution >= 0.6 is 0 Å². The number of carbonyl (C=O) groups is 7. The Morgan fingerprint density at radius 2 is 0.935 bits per heavy atom. The smallest absolute Gasteiger partial charge is 0.422 e. The molecule has 0 aliphatic carbocycles. The molecule has 0 saturated carbocycles. The van der Waals surface area contributed by atoms with E-state index < -0.39 is 94.1 Å². The fraction of sp³-hybridized carbons (Fsp3) is 0.402. The Morgan fingerprint density at radius 3 is 1.37 bits per heavy atom. The van der Waals surface area contributed by atoms with Crippen molar-refractivity contribution in [1.82, 2.24) is 46.5 Å². The average Bonchev–Trinajstić information content (AvgIpc) is 0.806. The second-order valence-electron chi connectivity index (χ2n) is 34.9. The Morgan fingerprint density at radius 1 is 0.463 bits per heavy atom. The van der Waals surface area contributed by atoms with Gasteiger partial charge in [-0.2, -0.15) is 0 Å². The third-order valence-corrected chi connectivity index (χ3v) is 20.1. The van der Waals surface area contributed by atoms with E-state index in [0.717, 1.165) is 62.4 Å². The molecule has 26 nitrogen and oxygen atoms in total. The number of amides is 4. The van der Waals surface area contributed by atoms with E-state index in [9.17, 15) is 48.9 Å². The van der Waals surface area contributed by atoms with Crippen molar-refractivity contribution in [1.29, 1.82) is 0 Å². The number of aromatic nitrogens is 3. The van der Waals surface area contributed by atoms with Crippen LogP contribution in [0.2, 0.25) is 0 Å². The van der Waals surface area contributed by atoms with Crippen LogP contribution in [0.5, 0.6) is 0 Å². The molecule has 0 radical (unpaired) electrons. The normalized spacial score (nSPS) is 13.7. The quantitative estimate of drug-likeness (QED) is 0.00775. The first-order valence-electron chi connectivity index (χ1n) is 41.3. The van der Waals surface area contributed by atoms with Gasteiger partial charge in [0.15, 0.2) is 5.78 Å². The van der Waals surface area contributed by atoms with Crippen molar-refractivity contribution in [3.8, 4) is 33.8 Å². The van der Waals surface area contributed by atoms with Gasteiger partial charge in [0.25, 0.3) is 0 Å². The molecule has 0 fully saturated rings. The molecule has 0 bridgehead atoms. The molecule has 0 spiro atoms. The van der Waals surface area contributed by atoms with Crippen LogP contribution < -0.4 is 38.1 Å². The number of methoxy groups -OCH3 is 2. The van der Waals surface area contributed by atoms with E-state index in [0.29, 0.717) is 38.2 Å². The number of esters is 1. The number of aliphatic hydroxyl groups excluding tert-OH is 3. The summed E-state index contributed by atoms with van der Waals surface area (Å²) in [6.45, 7) is 26.8. The number of pyridine rings is 3. The molecule has 123 heavy (non-hydrogen) atoms. The van der Waals surface area contributed by atoms with Crippen molar-refractivity contribution in [3.05, 3.63) is 265 Å². The Labute approximate surface area is 725 Å². The monoisotopic (exact) mass is 1680 g/mol. The molecule has 6 aromatic carbocycles. The van der Waals surface area contributed by atoms with Gasteiger partial charge in [-0.1, -0.05) is 239 Å². The van der Waals surface area contributed by atoms with Gasteiger partial charge in [-0.15, -0.1) is 0 Å². The summed E-state index contributed by atoms with van der Waals surface area (Å²) in [4.78, 5) is 99.4. The summed E-state index contributed by atoms with van der Waals surface area (Å²) in [5.41, 5.74) is 21.0. The van der Waals surface area contributed by atoms with E-state index in [1.807, 2.05) is 275 Å². The first-order valence-corrected chi connectivity index (χ1v) is 41.3. The molecular weight excluding hydrogens is 1560 g/mol. The van der Waals surface area contributed by atoms with Crippen LogP contribution in [0.15, 0.2) is 237 Å². The molecule has 12 N–H and O–H groups in total. The molecule has 0 saturated heterocycles. The minimum atomic E-state index is -1.10. The number of carbonyl (C=O) groups excluding carboxylic acids is 6. The summed E-state index contributed by atoms with van der Waals surface area (Å²) in [5, 5.41) is 52.0. The fourth-order valence-corrected chi connectivity index (χ4v) is 13.3. The number of aliphatic hydroxyl groups is 3. The topological polar surface area (TPSA) is 377 Å². The molecule has 26 heteroatoms. The van der Waals surface area contributed by atoms with E-state index in [4.69, 9.17) is 26.2 Å². The summed E-state index contributed by atoms with van der Waals surface area (Å²) in [7, 11) is 2.48. The lowest BCUT2D eigenvalue weighted by atomic mass is 9.78. The summed E-state index contributed by atoms with van der Waals surface area (Å²) >= 11 is 0. The van der Waals surface area contributed by atoms with Crippen LogP contribution in [0, 0.1) is 34.0 Å². The second kappa shape index (κ2) is 48.9. The van der Waals surface area contributed by atoms with Gasteiger partial charge in [0.05, 0.1) is 80.2 Å². The van der Waals surface area contributed by atoms with Gasteiger partial charge >= 0.3 is 24.1 Å². The highest BCUT2D eigenvalue weighted by atomic mass is 16.6. The predicted octanol–water partition coefficient (Wildman–Crippen LogP) is 14.0. The summed E-state index contributed by atoms with van der Waals surface area (Å²) in [6.07, 6.45) is 3.16. The van der Waals surface area contributed by atoms with E-state index in [1.54, 1.807) is 54.4 Å². The maximum atomic E-state index is 14.0. The van der Waals surface area contributed by atoms with Gasteiger partial charge in [-0.05, 0) is 144 Å². The van der Waals surface area contributed by atoms with E-state index in [2.05, 4.69) is 53.3 Å². The number of nitrogens with zero attached hydrogens (tertiary/aromatic N) is 6. The number of ether oxygens (including phenoxy) is 3. The van der Waals surface area contributed by atoms with Crippen molar-refractivity contribution < 1.29 is 68.2 Å². The average molecular weight is 1690 g/mol. The van der Waals surface area contributed by atoms with Gasteiger partial charge in [0.1, 0.15) is 11.6 Å². The Balaban J connectivity index is 0.000000275. The minimum Gasteiger partial charge on any atom is -0.480 e. The summed E-state index contributed by atoms with van der Waals surface area (Å²) < 4.78 is 14.7. The van der Waals surface area contributed by atoms with Crippen molar-refractivity contribution in [3.63, 3.8) is 0 Å². The number of hydrogen-bond donors (Lipinski definition) is 10. The fourth-order valence-electron chi connectivity index (χ4n) is 13.3. The molecule has 3 heterocycles. The van der Waals surface area contributed by atoms with Gasteiger partial charge in [0, 0.05) is 80.8 Å². The van der Waals surface area contributed by atoms with Gasteiger partial charge in [0.2, 0.25) is 11.8 Å². The molecule has 0 aliphatic heterocycles. The molecule has 9 rings (SSSR count). The number of Topliss-reactive ketones (excluding diaryl/α,β-unsaturated/α-hetero) is 1. The maximum absolute atomic E-state index is 14.0. The van der Waals surface area contributed by atoms with Crippen LogP contribution in [-0.4, -0.2) is 163 Å². The lowest BCUT2D eigenvalue weighted by Gasteiger charge is -2.36. The van der Waals surface area contributed by atoms with Gasteiger partial charge in [-0.25, -0.2) is 24.4 Å². The molecule has 3 aromatic heterocycles. The van der Waals surface area contributed by atoms with Gasteiger partial charge < -0.3 is 51.0 Å². The number of aliphatic carboxylic acids is 1. The maximum Gasteiger partial charge on any atom is 0.422 e. The number of ketones is 1. The number of nitrogens with two attached hydrogens (primary N) is 2. The molecule has 660 valence electrons. The van der Waals surface area contributed by atoms with E-state index in [-0.39, 0.29) is 49.6 Å². The number of hydrazine groups is 3. The predicted molar refractivity (Wildman–Crippen MR) is 481 cm³/mol. The lowest BCUT2D eigenvalue weighted by Crippen LogP contribution is -2.53. The SMILES string of the molecule is COC(=O)C[C@H](C(=O)NN(C[C@H](O)[C@@H](CC(=O)[C@@H](NC(C)=O)C(C)(C)C)Cc1ccccc1)c1cccc(-c2ccccn2)c1)C(C)(C)C.COC(=O)N[C@H](C(=O)O)C(C)(C)C.C[C@@H](Cc1ccccc1)[C@@H](O)CN(Cc1ccc(-c2ccccn2)cc1)NC(=O)OC(C)(C)C.N[C@@H](Cc1ccccc1)[C@@H](O)CN(N)Cc1ccc(-c2ccccn2)cc1. The van der Waals surface area contributed by atoms with Crippen LogP contribution in [0.1, 0.15) is 138 Å². The first kappa shape index (κ1) is 100. The highest BCUT2D eigenvalue weighted by Gasteiger charge is 2.39.